The predicted molar refractivity (Wildman–Crippen MR) is 160 cm³/mol. The van der Waals surface area contributed by atoms with E-state index in [-0.39, 0.29) is 42.6 Å². The number of amides is 1. The summed E-state index contributed by atoms with van der Waals surface area (Å²) in [7, 11) is 0. The summed E-state index contributed by atoms with van der Waals surface area (Å²) < 4.78 is 61.6. The number of alkyl halides is 3. The minimum atomic E-state index is -5.39. The molecule has 2 N–H and O–H groups in total. The lowest BCUT2D eigenvalue weighted by atomic mass is 9.96. The molecule has 0 saturated heterocycles. The van der Waals surface area contributed by atoms with Crippen LogP contribution in [-0.4, -0.2) is 50.2 Å². The van der Waals surface area contributed by atoms with Crippen molar-refractivity contribution in [1.29, 1.82) is 0 Å². The Morgan fingerprint density at radius 3 is 2.38 bits per heavy atom. The molecule has 0 aliphatic carbocycles. The minimum Gasteiger partial charge on any atom is -0.416 e. The predicted octanol–water partition coefficient (Wildman–Crippen LogP) is 5.61. The largest absolute Gasteiger partial charge is 0.491 e. The Hall–Kier alpha value is -4.23. The highest BCUT2D eigenvalue weighted by Crippen LogP contribution is 2.35. The van der Waals surface area contributed by atoms with Crippen LogP contribution in [0.4, 0.5) is 17.6 Å². The van der Waals surface area contributed by atoms with Crippen LogP contribution in [0.25, 0.3) is 5.52 Å². The van der Waals surface area contributed by atoms with Crippen molar-refractivity contribution < 1.29 is 31.9 Å². The highest BCUT2D eigenvalue weighted by Gasteiger charge is 2.42. The Balaban J connectivity index is 1.93. The smallest absolute Gasteiger partial charge is 0.416 e. The minimum absolute atomic E-state index is 0.000101. The van der Waals surface area contributed by atoms with Gasteiger partial charge >= 0.3 is 17.8 Å². The first kappa shape index (κ1) is 33.7. The molecular formula is C31H32ClF4N5O4. The van der Waals surface area contributed by atoms with Gasteiger partial charge in [0.1, 0.15) is 0 Å². The van der Waals surface area contributed by atoms with Crippen molar-refractivity contribution in [2.24, 2.45) is 11.7 Å². The summed E-state index contributed by atoms with van der Waals surface area (Å²) >= 11 is 6.53. The molecule has 14 heteroatoms. The quantitative estimate of drug-likeness (QED) is 0.136. The maximum Gasteiger partial charge on any atom is 0.491 e. The molecule has 0 saturated carbocycles. The molecule has 0 spiro atoms. The number of hydrogen-bond donors (Lipinski definition) is 1. The van der Waals surface area contributed by atoms with Gasteiger partial charge in [-0.25, -0.2) is 14.0 Å². The molecule has 1 amide bonds. The van der Waals surface area contributed by atoms with Crippen LogP contribution < -0.4 is 16.2 Å². The van der Waals surface area contributed by atoms with Gasteiger partial charge in [-0.05, 0) is 56.0 Å². The number of carbonyl (C=O) groups is 2. The third-order valence-corrected chi connectivity index (χ3v) is 7.76. The lowest BCUT2D eigenvalue weighted by molar-refractivity contribution is -0.189. The number of ether oxygens (including phenoxy) is 1. The van der Waals surface area contributed by atoms with Crippen LogP contribution in [0.15, 0.2) is 53.3 Å². The molecule has 0 aliphatic heterocycles. The molecule has 9 nitrogen and oxygen atoms in total. The van der Waals surface area contributed by atoms with Crippen LogP contribution in [0.1, 0.15) is 59.2 Å². The number of hydrogen-bond acceptors (Lipinski definition) is 6. The second kappa shape index (κ2) is 13.4. The number of rotatable bonds is 10. The summed E-state index contributed by atoms with van der Waals surface area (Å²) in [4.78, 5) is 41.0. The summed E-state index contributed by atoms with van der Waals surface area (Å²) in [5.41, 5.74) is 6.39. The van der Waals surface area contributed by atoms with Gasteiger partial charge in [0.05, 0.1) is 34.4 Å². The molecule has 1 unspecified atom stereocenters. The van der Waals surface area contributed by atoms with Gasteiger partial charge in [-0.1, -0.05) is 61.8 Å². The number of aryl methyl sites for hydroxylation is 2. The van der Waals surface area contributed by atoms with Gasteiger partial charge in [0, 0.05) is 12.2 Å². The first-order chi connectivity index (χ1) is 21.2. The summed E-state index contributed by atoms with van der Waals surface area (Å²) in [5, 5.41) is 4.53. The number of benzene rings is 2. The molecule has 2 heterocycles. The number of esters is 1. The summed E-state index contributed by atoms with van der Waals surface area (Å²) in [6, 6.07) is 12.2. The lowest BCUT2D eigenvalue weighted by Crippen LogP contribution is -2.43. The van der Waals surface area contributed by atoms with Gasteiger partial charge in [0.15, 0.2) is 11.6 Å². The zero-order chi connectivity index (χ0) is 33.2. The zero-order valence-electron chi connectivity index (χ0n) is 25.0. The monoisotopic (exact) mass is 649 g/mol. The third kappa shape index (κ3) is 6.89. The highest BCUT2D eigenvalue weighted by atomic mass is 35.5. The molecule has 4 rings (SSSR count). The average molecular weight is 650 g/mol. The Labute approximate surface area is 261 Å². The van der Waals surface area contributed by atoms with E-state index in [1.165, 1.54) is 27.0 Å². The maximum atomic E-state index is 15.8. The Kier molecular flexibility index (Phi) is 10.0. The van der Waals surface area contributed by atoms with Crippen molar-refractivity contribution in [3.63, 3.8) is 0 Å². The van der Waals surface area contributed by atoms with E-state index in [0.29, 0.717) is 16.9 Å². The second-order valence-electron chi connectivity index (χ2n) is 10.9. The Morgan fingerprint density at radius 1 is 1.11 bits per heavy atom. The third-order valence-electron chi connectivity index (χ3n) is 7.30. The van der Waals surface area contributed by atoms with E-state index < -0.39 is 46.9 Å². The maximum absolute atomic E-state index is 15.8. The van der Waals surface area contributed by atoms with Gasteiger partial charge in [-0.2, -0.15) is 22.8 Å². The van der Waals surface area contributed by atoms with E-state index >= 15 is 4.39 Å². The van der Waals surface area contributed by atoms with E-state index in [1.807, 2.05) is 30.3 Å². The summed E-state index contributed by atoms with van der Waals surface area (Å²) in [6.45, 7) is 6.76. The van der Waals surface area contributed by atoms with Crippen LogP contribution in [-0.2, 0) is 11.3 Å². The molecule has 0 aliphatic rings. The highest BCUT2D eigenvalue weighted by molar-refractivity contribution is 6.34. The molecule has 0 bridgehead atoms. The first-order valence-corrected chi connectivity index (χ1v) is 14.5. The van der Waals surface area contributed by atoms with Crippen molar-refractivity contribution in [1.82, 2.24) is 19.1 Å². The second-order valence-corrected chi connectivity index (χ2v) is 11.3. The summed E-state index contributed by atoms with van der Waals surface area (Å²) in [6.07, 6.45) is -5.11. The van der Waals surface area contributed by atoms with E-state index in [0.717, 1.165) is 11.6 Å². The molecule has 2 aromatic heterocycles. The van der Waals surface area contributed by atoms with Gasteiger partial charge in [-0.3, -0.25) is 9.36 Å². The molecule has 4 aromatic rings. The Bertz CT molecular complexity index is 1790. The lowest BCUT2D eigenvalue weighted by Gasteiger charge is -2.36. The zero-order valence-corrected chi connectivity index (χ0v) is 25.7. The van der Waals surface area contributed by atoms with Gasteiger partial charge in [-0.15, -0.1) is 0 Å². The molecular weight excluding hydrogens is 618 g/mol. The standard InChI is InChI=1S/C31H32ClF4N5O4/c1-17(2)26(23-15-22-24(32)19(4)38-41(22)30(44)40(23)16-20-9-6-5-7-10-20)39(14-8-13-37)28(42)21-12-11-18(3)27(25(21)33)45-29(43)31(34,35)36/h5-7,9-12,15,17,26H,8,13-14,16,37H2,1-4H3. The normalized spacial score (nSPS) is 12.5. The topological polar surface area (TPSA) is 112 Å². The fraction of sp³-hybridized carbons (Fsp3) is 0.355. The molecule has 2 aromatic carbocycles. The number of halogens is 5. The molecule has 45 heavy (non-hydrogen) atoms. The van der Waals surface area contributed by atoms with Gasteiger partial charge in [0.25, 0.3) is 5.91 Å². The molecule has 1 atom stereocenters. The molecule has 0 fully saturated rings. The fourth-order valence-corrected chi connectivity index (χ4v) is 5.32. The number of carbonyl (C=O) groups excluding carboxylic acids is 2. The number of aromatic nitrogens is 3. The van der Waals surface area contributed by atoms with Crippen LogP contribution in [0, 0.1) is 25.6 Å². The number of nitrogens with zero attached hydrogens (tertiary/aromatic N) is 4. The average Bonchev–Trinajstić information content (AvgIpc) is 3.27. The first-order valence-electron chi connectivity index (χ1n) is 14.1. The van der Waals surface area contributed by atoms with Gasteiger partial charge < -0.3 is 15.4 Å². The number of fused-ring (bicyclic) bond motifs is 1. The van der Waals surface area contributed by atoms with Crippen molar-refractivity contribution in [2.45, 2.75) is 52.9 Å². The van der Waals surface area contributed by atoms with E-state index in [1.54, 1.807) is 26.8 Å². The van der Waals surface area contributed by atoms with Crippen LogP contribution in [0.5, 0.6) is 5.75 Å². The fourth-order valence-electron chi connectivity index (χ4n) is 5.15. The summed E-state index contributed by atoms with van der Waals surface area (Å²) in [5.74, 6) is -6.34. The van der Waals surface area contributed by atoms with Crippen LogP contribution in [0.2, 0.25) is 5.02 Å². The Morgan fingerprint density at radius 2 is 1.78 bits per heavy atom. The SMILES string of the molecule is Cc1ccc(C(=O)N(CCCN)C(c2cc3c(Cl)c(C)nn3c(=O)n2Cc2ccccc2)C(C)C)c(F)c1OC(=O)C(F)(F)F. The van der Waals surface area contributed by atoms with Crippen LogP contribution in [0.3, 0.4) is 0 Å². The molecule has 0 radical (unpaired) electrons. The van der Waals surface area contributed by atoms with E-state index in [2.05, 4.69) is 9.84 Å². The van der Waals surface area contributed by atoms with Crippen molar-refractivity contribution in [3.05, 3.63) is 97.9 Å². The number of nitrogens with two attached hydrogens (primary N) is 1. The van der Waals surface area contributed by atoms with E-state index in [4.69, 9.17) is 17.3 Å². The van der Waals surface area contributed by atoms with Crippen molar-refractivity contribution >= 4 is 29.0 Å². The van der Waals surface area contributed by atoms with Crippen molar-refractivity contribution in [2.75, 3.05) is 13.1 Å². The van der Waals surface area contributed by atoms with Crippen molar-refractivity contribution in [3.8, 4) is 5.75 Å². The molecule has 240 valence electrons. The van der Waals surface area contributed by atoms with Crippen LogP contribution >= 0.6 is 11.6 Å². The van der Waals surface area contributed by atoms with Gasteiger partial charge in [0.2, 0.25) is 0 Å². The van der Waals surface area contributed by atoms with E-state index in [9.17, 15) is 27.6 Å².